The molecule has 2 saturated heterocycles. The van der Waals surface area contributed by atoms with E-state index in [-0.39, 0.29) is 17.9 Å². The summed E-state index contributed by atoms with van der Waals surface area (Å²) in [6.07, 6.45) is 5.09. The third kappa shape index (κ3) is 2.40. The van der Waals surface area contributed by atoms with E-state index in [1.54, 1.807) is 23.6 Å². The number of thiazole rings is 1. The van der Waals surface area contributed by atoms with Crippen LogP contribution in [0.25, 0.3) is 0 Å². The van der Waals surface area contributed by atoms with Crippen LogP contribution in [-0.4, -0.2) is 42.2 Å². The summed E-state index contributed by atoms with van der Waals surface area (Å²) in [5, 5.41) is 5.13. The Balaban J connectivity index is 1.44. The van der Waals surface area contributed by atoms with Crippen molar-refractivity contribution < 1.29 is 19.1 Å². The van der Waals surface area contributed by atoms with E-state index in [4.69, 9.17) is 9.47 Å². The lowest BCUT2D eigenvalue weighted by Crippen LogP contribution is -2.41. The van der Waals surface area contributed by atoms with Gasteiger partial charge in [-0.05, 0) is 24.3 Å². The summed E-state index contributed by atoms with van der Waals surface area (Å²) in [5.41, 5.74) is 0.0242. The van der Waals surface area contributed by atoms with Crippen LogP contribution in [0.3, 0.4) is 0 Å². The minimum Gasteiger partial charge on any atom is -0.497 e. The Morgan fingerprint density at radius 1 is 1.41 bits per heavy atom. The Bertz CT molecular complexity index is 927. The maximum atomic E-state index is 13.2. The molecule has 0 saturated carbocycles. The van der Waals surface area contributed by atoms with Gasteiger partial charge in [-0.3, -0.25) is 9.59 Å². The molecular formula is C19H17N3O4S. The maximum absolute atomic E-state index is 13.2. The highest BCUT2D eigenvalue weighted by atomic mass is 32.1. The molecule has 2 aromatic rings. The summed E-state index contributed by atoms with van der Waals surface area (Å²) in [6.45, 7) is 0.400. The average Bonchev–Trinajstić information content (AvgIpc) is 3.44. The molecule has 7 nitrogen and oxygen atoms in total. The smallest absolute Gasteiger partial charge is 0.234 e. The van der Waals surface area contributed by atoms with Crippen LogP contribution in [0.1, 0.15) is 0 Å². The van der Waals surface area contributed by atoms with Crippen LogP contribution in [0.4, 0.5) is 10.8 Å². The Hall–Kier alpha value is -2.71. The summed E-state index contributed by atoms with van der Waals surface area (Å²) >= 11 is 1.35. The van der Waals surface area contributed by atoms with E-state index >= 15 is 0 Å². The molecule has 4 heterocycles. The topological polar surface area (TPSA) is 80.8 Å². The Morgan fingerprint density at radius 3 is 2.93 bits per heavy atom. The predicted octanol–water partition coefficient (Wildman–Crippen LogP) is 2.08. The highest BCUT2D eigenvalue weighted by Gasteiger charge is 2.67. The van der Waals surface area contributed by atoms with Gasteiger partial charge in [0, 0.05) is 17.3 Å². The van der Waals surface area contributed by atoms with Crippen LogP contribution < -0.4 is 15.0 Å². The fourth-order valence-electron chi connectivity index (χ4n) is 4.25. The zero-order valence-corrected chi connectivity index (χ0v) is 15.3. The molecule has 4 atom stereocenters. The number of carbonyl (C=O) groups is 2. The van der Waals surface area contributed by atoms with Crippen molar-refractivity contribution >= 4 is 34.0 Å². The second-order valence-corrected chi connectivity index (χ2v) is 7.74. The number of hydrogen-bond donors (Lipinski definition) is 1. The number of rotatable bonds is 4. The van der Waals surface area contributed by atoms with Crippen molar-refractivity contribution in [1.82, 2.24) is 4.98 Å². The first-order valence-corrected chi connectivity index (χ1v) is 9.52. The van der Waals surface area contributed by atoms with E-state index in [2.05, 4.69) is 10.3 Å². The summed E-state index contributed by atoms with van der Waals surface area (Å²) in [6, 6.07) is 7.31. The van der Waals surface area contributed by atoms with Crippen LogP contribution in [-0.2, 0) is 14.3 Å². The largest absolute Gasteiger partial charge is 0.497 e. The molecule has 27 heavy (non-hydrogen) atoms. The number of methoxy groups -OCH3 is 1. The third-order valence-electron chi connectivity index (χ3n) is 5.45. The molecule has 1 spiro atoms. The SMILES string of the molecule is COc1ccc(N2C[C@]34C=C[C@@H](O3)[C@H](C(=O)Nc3nccs3)[C@H]4C2=O)cc1. The Morgan fingerprint density at radius 2 is 2.22 bits per heavy atom. The van der Waals surface area contributed by atoms with Gasteiger partial charge in [-0.2, -0.15) is 0 Å². The first-order valence-electron chi connectivity index (χ1n) is 8.64. The van der Waals surface area contributed by atoms with Crippen molar-refractivity contribution in [2.75, 3.05) is 23.9 Å². The van der Waals surface area contributed by atoms with Gasteiger partial charge in [0.05, 0.1) is 31.6 Å². The fourth-order valence-corrected chi connectivity index (χ4v) is 4.78. The van der Waals surface area contributed by atoms with E-state index in [1.165, 1.54) is 11.3 Å². The van der Waals surface area contributed by atoms with Crippen LogP contribution in [0.15, 0.2) is 48.0 Å². The van der Waals surface area contributed by atoms with Crippen LogP contribution in [0.2, 0.25) is 0 Å². The molecule has 5 rings (SSSR count). The quantitative estimate of drug-likeness (QED) is 0.818. The van der Waals surface area contributed by atoms with E-state index in [0.717, 1.165) is 11.4 Å². The summed E-state index contributed by atoms with van der Waals surface area (Å²) < 4.78 is 11.3. The van der Waals surface area contributed by atoms with Gasteiger partial charge in [0.25, 0.3) is 0 Å². The van der Waals surface area contributed by atoms with E-state index < -0.39 is 17.4 Å². The summed E-state index contributed by atoms with van der Waals surface area (Å²) in [4.78, 5) is 31.9. The molecule has 138 valence electrons. The lowest BCUT2D eigenvalue weighted by molar-refractivity contribution is -0.128. The first kappa shape index (κ1) is 16.5. The number of hydrogen-bond acceptors (Lipinski definition) is 6. The number of nitrogens with zero attached hydrogens (tertiary/aromatic N) is 2. The highest BCUT2D eigenvalue weighted by molar-refractivity contribution is 7.13. The predicted molar refractivity (Wildman–Crippen MR) is 99.8 cm³/mol. The summed E-state index contributed by atoms with van der Waals surface area (Å²) in [7, 11) is 1.60. The fraction of sp³-hybridized carbons (Fsp3) is 0.316. The van der Waals surface area contributed by atoms with Gasteiger partial charge >= 0.3 is 0 Å². The number of anilines is 2. The zero-order valence-electron chi connectivity index (χ0n) is 14.5. The standard InChI is InChI=1S/C19H17N3O4S/c1-25-12-4-2-11(3-5-12)22-10-19-7-6-13(26-19)14(15(19)17(22)24)16(23)21-18-20-8-9-27-18/h2-9,13-15H,10H2,1H3,(H,20,21,23)/t13-,14+,15+,19+/m1/s1. The highest BCUT2D eigenvalue weighted by Crippen LogP contribution is 2.52. The van der Waals surface area contributed by atoms with Crippen molar-refractivity contribution in [3.8, 4) is 5.75 Å². The van der Waals surface area contributed by atoms with Crippen LogP contribution >= 0.6 is 11.3 Å². The third-order valence-corrected chi connectivity index (χ3v) is 6.14. The van der Waals surface area contributed by atoms with Gasteiger partial charge < -0.3 is 19.7 Å². The molecule has 0 radical (unpaired) electrons. The zero-order chi connectivity index (χ0) is 18.6. The molecule has 3 aliphatic rings. The van der Waals surface area contributed by atoms with E-state index in [9.17, 15) is 9.59 Å². The molecule has 2 bridgehead atoms. The Kier molecular flexibility index (Phi) is 3.60. The number of fused-ring (bicyclic) bond motifs is 1. The lowest BCUT2D eigenvalue weighted by atomic mass is 9.77. The molecule has 0 unspecified atom stereocenters. The van der Waals surface area contributed by atoms with Crippen molar-refractivity contribution in [2.24, 2.45) is 11.8 Å². The maximum Gasteiger partial charge on any atom is 0.234 e. The first-order chi connectivity index (χ1) is 13.1. The summed E-state index contributed by atoms with van der Waals surface area (Å²) in [5.74, 6) is -0.687. The molecule has 8 heteroatoms. The minimum absolute atomic E-state index is 0.0914. The van der Waals surface area contributed by atoms with Gasteiger partial charge in [-0.15, -0.1) is 11.3 Å². The normalized spacial score (nSPS) is 30.6. The number of benzene rings is 1. The van der Waals surface area contributed by atoms with E-state index in [0.29, 0.717) is 11.7 Å². The molecule has 1 aromatic heterocycles. The van der Waals surface area contributed by atoms with Gasteiger partial charge in [-0.25, -0.2) is 4.98 Å². The van der Waals surface area contributed by atoms with Crippen molar-refractivity contribution in [1.29, 1.82) is 0 Å². The number of ether oxygens (including phenoxy) is 2. The number of aromatic nitrogens is 1. The van der Waals surface area contributed by atoms with Gasteiger partial charge in [0.2, 0.25) is 11.8 Å². The molecule has 0 aliphatic carbocycles. The monoisotopic (exact) mass is 383 g/mol. The van der Waals surface area contributed by atoms with Crippen molar-refractivity contribution in [3.05, 3.63) is 48.0 Å². The average molecular weight is 383 g/mol. The van der Waals surface area contributed by atoms with Gasteiger partial charge in [-0.1, -0.05) is 12.2 Å². The molecular weight excluding hydrogens is 366 g/mol. The number of carbonyl (C=O) groups excluding carboxylic acids is 2. The van der Waals surface area contributed by atoms with Crippen LogP contribution in [0, 0.1) is 11.8 Å². The molecule has 2 amide bonds. The van der Waals surface area contributed by atoms with E-state index in [1.807, 2.05) is 36.4 Å². The molecule has 2 fully saturated rings. The molecule has 1 N–H and O–H groups in total. The van der Waals surface area contributed by atoms with Gasteiger partial charge in [0.15, 0.2) is 5.13 Å². The molecule has 3 aliphatic heterocycles. The second kappa shape index (κ2) is 5.90. The molecule has 1 aromatic carbocycles. The number of nitrogens with one attached hydrogen (secondary N) is 1. The van der Waals surface area contributed by atoms with Crippen molar-refractivity contribution in [2.45, 2.75) is 11.7 Å². The minimum atomic E-state index is -0.743. The Labute approximate surface area is 159 Å². The lowest BCUT2D eigenvalue weighted by Gasteiger charge is -2.22. The van der Waals surface area contributed by atoms with Crippen LogP contribution in [0.5, 0.6) is 5.75 Å². The second-order valence-electron chi connectivity index (χ2n) is 6.85. The van der Waals surface area contributed by atoms with Crippen molar-refractivity contribution in [3.63, 3.8) is 0 Å². The van der Waals surface area contributed by atoms with Gasteiger partial charge in [0.1, 0.15) is 11.4 Å². The number of amides is 2.